The Morgan fingerprint density at radius 3 is 1.75 bits per heavy atom. The Hall–Kier alpha value is -3.68. The van der Waals surface area contributed by atoms with E-state index < -0.39 is 0 Å². The molecule has 1 saturated heterocycles. The standard InChI is InChI=1S/C14H9NO2S2.C11H8O2/c16-13-12(19-14(18)15-13)8-10-6-7-11(17-10)9-4-2-1-3-5-9;12-8-10-6-7-11(13-10)9-4-2-1-3-5-9/h1-8H,(H,15,16,18);1-8H/b12-8-;. The van der Waals surface area contributed by atoms with E-state index in [0.717, 1.165) is 22.6 Å². The topological polar surface area (TPSA) is 72.5 Å². The summed E-state index contributed by atoms with van der Waals surface area (Å²) in [7, 11) is 0. The van der Waals surface area contributed by atoms with Crippen molar-refractivity contribution in [2.75, 3.05) is 0 Å². The number of nitrogens with one attached hydrogen (secondary N) is 1. The van der Waals surface area contributed by atoms with E-state index in [1.54, 1.807) is 18.2 Å². The van der Waals surface area contributed by atoms with Crippen LogP contribution < -0.4 is 5.32 Å². The number of carbonyl (C=O) groups excluding carboxylic acids is 2. The molecule has 0 bridgehead atoms. The van der Waals surface area contributed by atoms with Crippen LogP contribution in [0.25, 0.3) is 28.7 Å². The molecule has 32 heavy (non-hydrogen) atoms. The number of furan rings is 2. The van der Waals surface area contributed by atoms with Crippen molar-refractivity contribution in [3.05, 3.63) is 101 Å². The van der Waals surface area contributed by atoms with Gasteiger partial charge in [-0.15, -0.1) is 0 Å². The second-order valence-electron chi connectivity index (χ2n) is 6.61. The lowest BCUT2D eigenvalue weighted by molar-refractivity contribution is -0.115. The average Bonchev–Trinajstić information content (AvgIpc) is 3.56. The molecule has 1 fully saturated rings. The molecular formula is C25H17NO4S2. The number of thiocarbonyl (C=S) groups is 1. The van der Waals surface area contributed by atoms with Crippen molar-refractivity contribution >= 4 is 46.6 Å². The summed E-state index contributed by atoms with van der Waals surface area (Å²) in [4.78, 5) is 22.4. The van der Waals surface area contributed by atoms with Crippen LogP contribution in [-0.2, 0) is 4.79 Å². The first-order valence-electron chi connectivity index (χ1n) is 9.63. The predicted molar refractivity (Wildman–Crippen MR) is 130 cm³/mol. The molecule has 1 N–H and O–H groups in total. The van der Waals surface area contributed by atoms with Crippen LogP contribution in [0.1, 0.15) is 16.3 Å². The quantitative estimate of drug-likeness (QED) is 0.223. The molecule has 2 aromatic carbocycles. The second-order valence-corrected chi connectivity index (χ2v) is 8.33. The maximum absolute atomic E-state index is 11.5. The lowest BCUT2D eigenvalue weighted by Crippen LogP contribution is -2.17. The first-order valence-corrected chi connectivity index (χ1v) is 10.9. The van der Waals surface area contributed by atoms with Crippen LogP contribution in [0.15, 0.2) is 98.7 Å². The number of benzene rings is 2. The molecule has 1 aliphatic heterocycles. The van der Waals surface area contributed by atoms with Crippen LogP contribution >= 0.6 is 24.0 Å². The Balaban J connectivity index is 0.000000165. The maximum atomic E-state index is 11.5. The van der Waals surface area contributed by atoms with Gasteiger partial charge in [-0.2, -0.15) is 0 Å². The Bertz CT molecular complexity index is 1270. The summed E-state index contributed by atoms with van der Waals surface area (Å²) in [5.74, 6) is 2.33. The molecule has 158 valence electrons. The minimum Gasteiger partial charge on any atom is -0.457 e. The molecule has 4 aromatic rings. The molecule has 1 aliphatic rings. The summed E-state index contributed by atoms with van der Waals surface area (Å²) in [5.41, 5.74) is 1.99. The zero-order valence-corrected chi connectivity index (χ0v) is 18.3. The van der Waals surface area contributed by atoms with E-state index in [2.05, 4.69) is 5.32 Å². The number of hydrogen-bond donors (Lipinski definition) is 1. The number of rotatable bonds is 4. The largest absolute Gasteiger partial charge is 0.457 e. The van der Waals surface area contributed by atoms with Gasteiger partial charge < -0.3 is 14.2 Å². The third-order valence-electron chi connectivity index (χ3n) is 4.40. The first-order chi connectivity index (χ1) is 15.6. The van der Waals surface area contributed by atoms with Gasteiger partial charge in [0, 0.05) is 17.2 Å². The number of hydrogen-bond acceptors (Lipinski definition) is 6. The third-order valence-corrected chi connectivity index (χ3v) is 5.56. The normalized spacial score (nSPS) is 14.1. The molecule has 1 amide bonds. The highest BCUT2D eigenvalue weighted by atomic mass is 32.2. The molecule has 5 nitrogen and oxygen atoms in total. The van der Waals surface area contributed by atoms with E-state index in [9.17, 15) is 9.59 Å². The fourth-order valence-electron chi connectivity index (χ4n) is 2.91. The van der Waals surface area contributed by atoms with Crippen molar-refractivity contribution in [3.63, 3.8) is 0 Å². The monoisotopic (exact) mass is 459 g/mol. The highest BCUT2D eigenvalue weighted by Gasteiger charge is 2.22. The SMILES string of the molecule is O=C1NC(=S)S/C1=C\c1ccc(-c2ccccc2)o1.O=Cc1ccc(-c2ccccc2)o1. The zero-order valence-electron chi connectivity index (χ0n) is 16.7. The van der Waals surface area contributed by atoms with E-state index in [1.807, 2.05) is 72.8 Å². The molecule has 0 spiro atoms. The van der Waals surface area contributed by atoms with Gasteiger partial charge in [0.15, 0.2) is 12.0 Å². The van der Waals surface area contributed by atoms with Crippen LogP contribution in [-0.4, -0.2) is 16.5 Å². The van der Waals surface area contributed by atoms with Gasteiger partial charge in [0.2, 0.25) is 0 Å². The van der Waals surface area contributed by atoms with Gasteiger partial charge in [0.1, 0.15) is 21.6 Å². The number of amides is 1. The molecule has 0 saturated carbocycles. The average molecular weight is 460 g/mol. The summed E-state index contributed by atoms with van der Waals surface area (Å²) in [6.07, 6.45) is 2.40. The van der Waals surface area contributed by atoms with Crippen molar-refractivity contribution < 1.29 is 18.4 Å². The van der Waals surface area contributed by atoms with Crippen LogP contribution in [0.3, 0.4) is 0 Å². The van der Waals surface area contributed by atoms with E-state index in [1.165, 1.54) is 11.8 Å². The highest BCUT2D eigenvalue weighted by Crippen LogP contribution is 2.28. The number of carbonyl (C=O) groups is 2. The van der Waals surface area contributed by atoms with E-state index >= 15 is 0 Å². The number of aldehydes is 1. The molecule has 2 aromatic heterocycles. The van der Waals surface area contributed by atoms with Crippen LogP contribution in [0.5, 0.6) is 0 Å². The summed E-state index contributed by atoms with van der Waals surface area (Å²) in [6.45, 7) is 0. The molecule has 0 unspecified atom stereocenters. The molecule has 7 heteroatoms. The minimum atomic E-state index is -0.173. The van der Waals surface area contributed by atoms with Crippen LogP contribution in [0.2, 0.25) is 0 Å². The fraction of sp³-hybridized carbons (Fsp3) is 0. The Morgan fingerprint density at radius 1 is 0.750 bits per heavy atom. The Morgan fingerprint density at radius 2 is 1.28 bits per heavy atom. The van der Waals surface area contributed by atoms with E-state index in [4.69, 9.17) is 21.1 Å². The van der Waals surface area contributed by atoms with Crippen molar-refractivity contribution in [2.24, 2.45) is 0 Å². The predicted octanol–water partition coefficient (Wildman–Crippen LogP) is 6.19. The Labute approximate surface area is 194 Å². The van der Waals surface area contributed by atoms with Gasteiger partial charge in [-0.1, -0.05) is 84.6 Å². The molecule has 0 atom stereocenters. The van der Waals surface area contributed by atoms with Gasteiger partial charge in [0.05, 0.1) is 4.91 Å². The van der Waals surface area contributed by atoms with Gasteiger partial charge in [0.25, 0.3) is 5.91 Å². The highest BCUT2D eigenvalue weighted by molar-refractivity contribution is 8.26. The van der Waals surface area contributed by atoms with E-state index in [0.29, 0.717) is 27.0 Å². The van der Waals surface area contributed by atoms with E-state index in [-0.39, 0.29) is 5.91 Å². The summed E-state index contributed by atoms with van der Waals surface area (Å²) in [6, 6.07) is 26.7. The van der Waals surface area contributed by atoms with Gasteiger partial charge in [-0.05, 0) is 24.3 Å². The lowest BCUT2D eigenvalue weighted by atomic mass is 10.2. The molecular weight excluding hydrogens is 442 g/mol. The fourth-order valence-corrected chi connectivity index (χ4v) is 3.94. The van der Waals surface area contributed by atoms with Crippen molar-refractivity contribution in [2.45, 2.75) is 0 Å². The first kappa shape index (κ1) is 21.5. The van der Waals surface area contributed by atoms with Gasteiger partial charge in [-0.25, -0.2) is 0 Å². The minimum absolute atomic E-state index is 0.173. The second kappa shape index (κ2) is 10.1. The summed E-state index contributed by atoms with van der Waals surface area (Å²) >= 11 is 6.18. The third kappa shape index (κ3) is 5.32. The maximum Gasteiger partial charge on any atom is 0.263 e. The van der Waals surface area contributed by atoms with Crippen molar-refractivity contribution in [1.82, 2.24) is 5.32 Å². The van der Waals surface area contributed by atoms with Gasteiger partial charge in [-0.3, -0.25) is 9.59 Å². The molecule has 0 aliphatic carbocycles. The Kier molecular flexibility index (Phi) is 6.79. The smallest absolute Gasteiger partial charge is 0.263 e. The molecule has 5 rings (SSSR count). The van der Waals surface area contributed by atoms with Gasteiger partial charge >= 0.3 is 0 Å². The van der Waals surface area contributed by atoms with Crippen LogP contribution in [0.4, 0.5) is 0 Å². The lowest BCUT2D eigenvalue weighted by Gasteiger charge is -1.95. The molecule has 0 radical (unpaired) electrons. The van der Waals surface area contributed by atoms with Crippen LogP contribution in [0, 0.1) is 0 Å². The zero-order chi connectivity index (χ0) is 22.3. The summed E-state index contributed by atoms with van der Waals surface area (Å²) in [5, 5.41) is 2.57. The van der Waals surface area contributed by atoms with Crippen molar-refractivity contribution in [1.29, 1.82) is 0 Å². The number of thioether (sulfide) groups is 1. The summed E-state index contributed by atoms with van der Waals surface area (Å²) < 4.78 is 11.4. The van der Waals surface area contributed by atoms with Crippen molar-refractivity contribution in [3.8, 4) is 22.6 Å². The molecule has 3 heterocycles.